The molecule has 0 saturated heterocycles. The fourth-order valence-corrected chi connectivity index (χ4v) is 2.10. The minimum absolute atomic E-state index is 0.0181. The summed E-state index contributed by atoms with van der Waals surface area (Å²) in [5.74, 6) is -0.438. The van der Waals surface area contributed by atoms with E-state index in [2.05, 4.69) is 10.1 Å². The van der Waals surface area contributed by atoms with E-state index in [0.717, 1.165) is 16.7 Å². The van der Waals surface area contributed by atoms with Crippen LogP contribution >= 0.6 is 0 Å². The Morgan fingerprint density at radius 1 is 1.32 bits per heavy atom. The van der Waals surface area contributed by atoms with Crippen molar-refractivity contribution >= 4 is 17.0 Å². The van der Waals surface area contributed by atoms with Crippen LogP contribution in [0.2, 0.25) is 0 Å². The van der Waals surface area contributed by atoms with Crippen LogP contribution < -0.4 is 0 Å². The number of fused-ring (bicyclic) bond motifs is 1. The second-order valence-corrected chi connectivity index (χ2v) is 4.35. The molecule has 6 nitrogen and oxygen atoms in total. The summed E-state index contributed by atoms with van der Waals surface area (Å²) in [4.78, 5) is 15.4. The number of benzene rings is 1. The first-order valence-electron chi connectivity index (χ1n) is 5.79. The highest BCUT2D eigenvalue weighted by Crippen LogP contribution is 2.18. The molecule has 0 bridgehead atoms. The molecule has 0 fully saturated rings. The predicted molar refractivity (Wildman–Crippen MR) is 69.5 cm³/mol. The van der Waals surface area contributed by atoms with Gasteiger partial charge >= 0.3 is 5.97 Å². The maximum Gasteiger partial charge on any atom is 0.356 e. The molecule has 0 radical (unpaired) electrons. The lowest BCUT2D eigenvalue weighted by atomic mass is 10.3. The van der Waals surface area contributed by atoms with Gasteiger partial charge in [-0.1, -0.05) is 12.1 Å². The van der Waals surface area contributed by atoms with Gasteiger partial charge in [-0.2, -0.15) is 5.10 Å². The first kappa shape index (κ1) is 11.5. The van der Waals surface area contributed by atoms with Crippen LogP contribution in [0.5, 0.6) is 0 Å². The van der Waals surface area contributed by atoms with Crippen molar-refractivity contribution in [3.8, 4) is 5.95 Å². The van der Waals surface area contributed by atoms with Crippen molar-refractivity contribution in [1.82, 2.24) is 19.3 Å². The van der Waals surface area contributed by atoms with E-state index in [-0.39, 0.29) is 5.69 Å². The zero-order chi connectivity index (χ0) is 13.6. The molecule has 1 N–H and O–H groups in total. The van der Waals surface area contributed by atoms with Crippen LogP contribution in [0.25, 0.3) is 17.0 Å². The number of carboxylic acid groups (broad SMARTS) is 1. The highest BCUT2D eigenvalue weighted by atomic mass is 16.4. The van der Waals surface area contributed by atoms with Crippen molar-refractivity contribution in [2.24, 2.45) is 7.05 Å². The number of aromatic carboxylic acids is 1. The molecule has 3 rings (SSSR count). The SMILES string of the molecule is Cc1cc(C(=O)O)nn1-c1nc2ccccc2n1C. The molecule has 0 aliphatic rings. The molecule has 3 aromatic rings. The molecule has 0 spiro atoms. The number of hydrogen-bond acceptors (Lipinski definition) is 3. The summed E-state index contributed by atoms with van der Waals surface area (Å²) in [6.45, 7) is 1.80. The third kappa shape index (κ3) is 1.69. The van der Waals surface area contributed by atoms with Crippen LogP contribution in [0.4, 0.5) is 0 Å². The largest absolute Gasteiger partial charge is 0.476 e. The third-order valence-corrected chi connectivity index (χ3v) is 3.06. The molecule has 6 heteroatoms. The minimum Gasteiger partial charge on any atom is -0.476 e. The van der Waals surface area contributed by atoms with Gasteiger partial charge in [0.05, 0.1) is 11.0 Å². The quantitative estimate of drug-likeness (QED) is 0.758. The summed E-state index contributed by atoms with van der Waals surface area (Å²) in [6.07, 6.45) is 0. The van der Waals surface area contributed by atoms with Gasteiger partial charge in [0.25, 0.3) is 0 Å². The van der Waals surface area contributed by atoms with Gasteiger partial charge in [0.2, 0.25) is 5.95 Å². The predicted octanol–water partition coefficient (Wildman–Crippen LogP) is 1.77. The number of nitrogens with zero attached hydrogens (tertiary/aromatic N) is 4. The first-order chi connectivity index (χ1) is 9.08. The van der Waals surface area contributed by atoms with Crippen LogP contribution in [0.1, 0.15) is 16.2 Å². The van der Waals surface area contributed by atoms with Crippen molar-refractivity contribution in [3.05, 3.63) is 41.7 Å². The maximum atomic E-state index is 11.0. The minimum atomic E-state index is -1.04. The van der Waals surface area contributed by atoms with Crippen LogP contribution in [0.3, 0.4) is 0 Å². The Labute approximate surface area is 108 Å². The molecule has 2 heterocycles. The molecule has 0 amide bonds. The van der Waals surface area contributed by atoms with E-state index in [4.69, 9.17) is 5.11 Å². The molecule has 19 heavy (non-hydrogen) atoms. The number of aromatic nitrogens is 4. The van der Waals surface area contributed by atoms with Crippen molar-refractivity contribution in [2.75, 3.05) is 0 Å². The standard InChI is InChI=1S/C13H12N4O2/c1-8-7-10(12(18)19)15-17(8)13-14-9-5-3-4-6-11(9)16(13)2/h3-7H,1-2H3,(H,18,19). The van der Waals surface area contributed by atoms with Gasteiger partial charge in [-0.15, -0.1) is 0 Å². The van der Waals surface area contributed by atoms with Crippen LogP contribution in [-0.4, -0.2) is 30.4 Å². The Morgan fingerprint density at radius 3 is 2.68 bits per heavy atom. The van der Waals surface area contributed by atoms with E-state index >= 15 is 0 Å². The topological polar surface area (TPSA) is 72.9 Å². The van der Waals surface area contributed by atoms with Crippen molar-refractivity contribution in [2.45, 2.75) is 6.92 Å². The number of aryl methyl sites for hydroxylation is 2. The first-order valence-corrected chi connectivity index (χ1v) is 5.79. The monoisotopic (exact) mass is 256 g/mol. The van der Waals surface area contributed by atoms with E-state index in [1.165, 1.54) is 6.07 Å². The Balaban J connectivity index is 2.24. The fraction of sp³-hybridized carbons (Fsp3) is 0.154. The maximum absolute atomic E-state index is 11.0. The molecule has 0 saturated carbocycles. The second-order valence-electron chi connectivity index (χ2n) is 4.35. The number of imidazole rings is 1. The number of hydrogen-bond donors (Lipinski definition) is 1. The Morgan fingerprint density at radius 2 is 2.05 bits per heavy atom. The number of rotatable bonds is 2. The average molecular weight is 256 g/mol. The molecular formula is C13H12N4O2. The number of para-hydroxylation sites is 2. The molecule has 2 aromatic heterocycles. The lowest BCUT2D eigenvalue weighted by molar-refractivity contribution is 0.0690. The Kier molecular flexibility index (Phi) is 2.38. The third-order valence-electron chi connectivity index (χ3n) is 3.06. The summed E-state index contributed by atoms with van der Waals surface area (Å²) in [5.41, 5.74) is 2.58. The van der Waals surface area contributed by atoms with E-state index in [0.29, 0.717) is 5.95 Å². The summed E-state index contributed by atoms with van der Waals surface area (Å²) < 4.78 is 3.43. The fourth-order valence-electron chi connectivity index (χ4n) is 2.10. The highest BCUT2D eigenvalue weighted by Gasteiger charge is 2.16. The molecular weight excluding hydrogens is 244 g/mol. The van der Waals surface area contributed by atoms with E-state index in [9.17, 15) is 4.79 Å². The Hall–Kier alpha value is -2.63. The molecule has 0 unspecified atom stereocenters. The zero-order valence-corrected chi connectivity index (χ0v) is 10.5. The van der Waals surface area contributed by atoms with Crippen molar-refractivity contribution in [3.63, 3.8) is 0 Å². The average Bonchev–Trinajstić information content (AvgIpc) is 2.91. The van der Waals surface area contributed by atoms with Gasteiger partial charge in [0.1, 0.15) is 0 Å². The van der Waals surface area contributed by atoms with Crippen molar-refractivity contribution < 1.29 is 9.90 Å². The van der Waals surface area contributed by atoms with Gasteiger partial charge in [-0.05, 0) is 25.1 Å². The Bertz CT molecular complexity index is 785. The number of carboxylic acids is 1. The van der Waals surface area contributed by atoms with E-state index < -0.39 is 5.97 Å². The molecule has 0 aliphatic carbocycles. The molecule has 0 atom stereocenters. The number of carbonyl (C=O) groups is 1. The summed E-state index contributed by atoms with van der Waals surface area (Å²) in [7, 11) is 1.88. The summed E-state index contributed by atoms with van der Waals surface area (Å²) in [6, 6.07) is 9.25. The molecule has 1 aromatic carbocycles. The highest BCUT2D eigenvalue weighted by molar-refractivity contribution is 5.85. The molecule has 96 valence electrons. The lowest BCUT2D eigenvalue weighted by Gasteiger charge is -2.03. The van der Waals surface area contributed by atoms with Crippen LogP contribution in [0, 0.1) is 6.92 Å². The second kappa shape index (κ2) is 3.94. The normalized spacial score (nSPS) is 11.1. The van der Waals surface area contributed by atoms with Gasteiger partial charge in [0.15, 0.2) is 5.69 Å². The van der Waals surface area contributed by atoms with Crippen molar-refractivity contribution in [1.29, 1.82) is 0 Å². The lowest BCUT2D eigenvalue weighted by Crippen LogP contribution is -2.07. The van der Waals surface area contributed by atoms with Gasteiger partial charge in [-0.25, -0.2) is 14.5 Å². The van der Waals surface area contributed by atoms with Gasteiger partial charge in [0, 0.05) is 12.7 Å². The summed E-state index contributed by atoms with van der Waals surface area (Å²) >= 11 is 0. The smallest absolute Gasteiger partial charge is 0.356 e. The summed E-state index contributed by atoms with van der Waals surface area (Å²) in [5, 5.41) is 13.0. The van der Waals surface area contributed by atoms with E-state index in [1.54, 1.807) is 11.6 Å². The van der Waals surface area contributed by atoms with Crippen LogP contribution in [0.15, 0.2) is 30.3 Å². The van der Waals surface area contributed by atoms with Gasteiger partial charge < -0.3 is 9.67 Å². The van der Waals surface area contributed by atoms with Crippen LogP contribution in [-0.2, 0) is 7.05 Å². The molecule has 0 aliphatic heterocycles. The zero-order valence-electron chi connectivity index (χ0n) is 10.5. The van der Waals surface area contributed by atoms with E-state index in [1.807, 2.05) is 35.9 Å². The van der Waals surface area contributed by atoms with Gasteiger partial charge in [-0.3, -0.25) is 0 Å².